The standard InChI is InChI=1S/C15H15N3O4S/c1-4(19)22-11-15-8-5-6-7(5)10(15)18-13(21)16(2)12(20)17(18)9(6)14(8,15)3-23-11/h5-11H,3H2,1-2H3/t5-,6+,7+,8+,9-,10+,11-,14-,15+/m1/s1. The first-order valence-electron chi connectivity index (χ1n) is 8.18. The smallest absolute Gasteiger partial charge is 0.347 e. The highest BCUT2D eigenvalue weighted by atomic mass is 32.2. The molecule has 120 valence electrons. The van der Waals surface area contributed by atoms with Crippen LogP contribution in [0.5, 0.6) is 0 Å². The highest BCUT2D eigenvalue weighted by Gasteiger charge is 3.06. The summed E-state index contributed by atoms with van der Waals surface area (Å²) in [5.74, 6) is 2.98. The molecular formula is C15H15N3O4S. The van der Waals surface area contributed by atoms with E-state index in [2.05, 4.69) is 0 Å². The quantitative estimate of drug-likeness (QED) is 0.652. The number of nitrogens with zero attached hydrogens (tertiary/aromatic N) is 3. The van der Waals surface area contributed by atoms with Gasteiger partial charge in [0.25, 0.3) is 0 Å². The molecule has 0 aromatic carbocycles. The van der Waals surface area contributed by atoms with Crippen molar-refractivity contribution in [1.29, 1.82) is 0 Å². The van der Waals surface area contributed by atoms with Gasteiger partial charge in [-0.05, 0) is 23.7 Å². The number of ether oxygens (including phenoxy) is 1. The molecule has 9 atom stereocenters. The monoisotopic (exact) mass is 333 g/mol. The fourth-order valence-corrected chi connectivity index (χ4v) is 9.81. The van der Waals surface area contributed by atoms with Gasteiger partial charge in [-0.15, -0.1) is 11.8 Å². The van der Waals surface area contributed by atoms with Crippen LogP contribution in [0.2, 0.25) is 0 Å². The van der Waals surface area contributed by atoms with Crippen LogP contribution < -0.4 is 11.4 Å². The van der Waals surface area contributed by atoms with Gasteiger partial charge >= 0.3 is 17.3 Å². The van der Waals surface area contributed by atoms with E-state index in [1.807, 2.05) is 0 Å². The maximum Gasteiger partial charge on any atom is 0.347 e. The zero-order chi connectivity index (χ0) is 15.6. The number of hydrogen-bond acceptors (Lipinski definition) is 5. The van der Waals surface area contributed by atoms with Crippen LogP contribution in [-0.4, -0.2) is 31.1 Å². The van der Waals surface area contributed by atoms with E-state index in [-0.39, 0.29) is 45.7 Å². The lowest BCUT2D eigenvalue weighted by Crippen LogP contribution is -2.54. The summed E-state index contributed by atoms with van der Waals surface area (Å²) >= 11 is 1.72. The molecular weight excluding hydrogens is 318 g/mol. The molecule has 0 N–H and O–H groups in total. The molecule has 8 rings (SSSR count). The number of carbonyl (C=O) groups excluding carboxylic acids is 1. The molecule has 2 bridgehead atoms. The molecule has 4 aliphatic carbocycles. The van der Waals surface area contributed by atoms with E-state index >= 15 is 0 Å². The number of rotatable bonds is 1. The van der Waals surface area contributed by atoms with Gasteiger partial charge in [-0.2, -0.15) is 0 Å². The minimum atomic E-state index is -0.246. The summed E-state index contributed by atoms with van der Waals surface area (Å²) < 4.78 is 10.4. The minimum absolute atomic E-state index is 0.0493. The van der Waals surface area contributed by atoms with Gasteiger partial charge in [0.2, 0.25) is 0 Å². The highest BCUT2D eigenvalue weighted by Crippen LogP contribution is 3.05. The molecule has 0 unspecified atom stereocenters. The van der Waals surface area contributed by atoms with Gasteiger partial charge in [-0.1, -0.05) is 0 Å². The zero-order valence-electron chi connectivity index (χ0n) is 12.6. The molecule has 7 aliphatic rings. The van der Waals surface area contributed by atoms with Crippen molar-refractivity contribution in [1.82, 2.24) is 13.9 Å². The molecule has 4 heterocycles. The van der Waals surface area contributed by atoms with Crippen molar-refractivity contribution in [2.75, 3.05) is 5.75 Å². The van der Waals surface area contributed by atoms with Gasteiger partial charge in [-0.3, -0.25) is 4.79 Å². The summed E-state index contributed by atoms with van der Waals surface area (Å²) in [6.07, 6.45) is 0. The Labute approximate surface area is 134 Å². The Balaban J connectivity index is 1.55. The molecule has 0 radical (unpaired) electrons. The third-order valence-corrected chi connectivity index (χ3v) is 9.41. The number of carbonyl (C=O) groups is 1. The lowest BCUT2D eigenvalue weighted by atomic mass is 9.72. The second-order valence-corrected chi connectivity index (χ2v) is 9.19. The molecule has 1 saturated heterocycles. The van der Waals surface area contributed by atoms with Crippen LogP contribution in [0.25, 0.3) is 0 Å². The number of aromatic nitrogens is 3. The Hall–Kier alpha value is -1.44. The van der Waals surface area contributed by atoms with E-state index in [0.717, 1.165) is 5.75 Å². The third-order valence-electron chi connectivity index (χ3n) is 7.98. The van der Waals surface area contributed by atoms with Crippen molar-refractivity contribution in [3.8, 4) is 0 Å². The summed E-state index contributed by atoms with van der Waals surface area (Å²) in [6, 6.07) is 0.190. The van der Waals surface area contributed by atoms with E-state index in [4.69, 9.17) is 4.74 Å². The van der Waals surface area contributed by atoms with Gasteiger partial charge in [-0.25, -0.2) is 23.5 Å². The zero-order valence-corrected chi connectivity index (χ0v) is 13.4. The van der Waals surface area contributed by atoms with Crippen molar-refractivity contribution in [3.05, 3.63) is 21.0 Å². The number of hydrogen-bond donors (Lipinski definition) is 0. The van der Waals surface area contributed by atoms with Gasteiger partial charge in [0, 0.05) is 25.1 Å². The number of thioether (sulfide) groups is 1. The van der Waals surface area contributed by atoms with Gasteiger partial charge < -0.3 is 4.74 Å². The Kier molecular flexibility index (Phi) is 1.49. The normalized spacial score (nSPS) is 57.2. The Morgan fingerprint density at radius 2 is 1.83 bits per heavy atom. The second kappa shape index (κ2) is 2.85. The molecule has 0 amide bonds. The summed E-state index contributed by atoms with van der Waals surface area (Å²) in [7, 11) is 1.57. The molecule has 7 nitrogen and oxygen atoms in total. The van der Waals surface area contributed by atoms with E-state index in [1.54, 1.807) is 28.2 Å². The molecule has 8 heteroatoms. The van der Waals surface area contributed by atoms with Crippen LogP contribution in [0.4, 0.5) is 0 Å². The average molecular weight is 333 g/mol. The van der Waals surface area contributed by atoms with Crippen LogP contribution in [-0.2, 0) is 16.6 Å². The SMILES string of the molecule is CC(=O)O[C@@H]1SC[C@]23[C@H]4[C@@H]5[C@@H]6[C@@H]5[C@@H]2[C@]13[C@H]6n1c(=O)n(C)c(=O)n14. The van der Waals surface area contributed by atoms with Gasteiger partial charge in [0.15, 0.2) is 5.44 Å². The molecule has 2 spiro atoms. The van der Waals surface area contributed by atoms with Crippen molar-refractivity contribution >= 4 is 17.7 Å². The molecule has 4 saturated carbocycles. The fraction of sp³-hybridized carbons (Fsp3) is 0.800. The maximum atomic E-state index is 12.7. The largest absolute Gasteiger partial charge is 0.451 e. The van der Waals surface area contributed by atoms with Crippen molar-refractivity contribution < 1.29 is 9.53 Å². The molecule has 5 fully saturated rings. The van der Waals surface area contributed by atoms with Gasteiger partial charge in [0.1, 0.15) is 0 Å². The second-order valence-electron chi connectivity index (χ2n) is 8.14. The van der Waals surface area contributed by atoms with E-state index < -0.39 is 0 Å². The maximum absolute atomic E-state index is 12.7. The van der Waals surface area contributed by atoms with Crippen LogP contribution in [0.1, 0.15) is 19.0 Å². The Morgan fingerprint density at radius 3 is 2.52 bits per heavy atom. The predicted octanol–water partition coefficient (Wildman–Crippen LogP) is -0.428. The van der Waals surface area contributed by atoms with Crippen LogP contribution in [0, 0.1) is 34.5 Å². The van der Waals surface area contributed by atoms with Gasteiger partial charge in [0.05, 0.1) is 17.5 Å². The lowest BCUT2D eigenvalue weighted by Gasteiger charge is -2.46. The van der Waals surface area contributed by atoms with Crippen molar-refractivity contribution in [2.24, 2.45) is 41.5 Å². The molecule has 1 aromatic heterocycles. The van der Waals surface area contributed by atoms with Crippen LogP contribution >= 0.6 is 11.8 Å². The first kappa shape index (κ1) is 12.0. The predicted molar refractivity (Wildman–Crippen MR) is 78.8 cm³/mol. The molecule has 1 aromatic rings. The third kappa shape index (κ3) is 0.776. The molecule has 3 aliphatic heterocycles. The lowest BCUT2D eigenvalue weighted by molar-refractivity contribution is -0.148. The summed E-state index contributed by atoms with van der Waals surface area (Å²) in [4.78, 5) is 36.9. The van der Waals surface area contributed by atoms with Crippen LogP contribution in [0.15, 0.2) is 9.59 Å². The van der Waals surface area contributed by atoms with Crippen molar-refractivity contribution in [3.63, 3.8) is 0 Å². The Bertz CT molecular complexity index is 976. The summed E-state index contributed by atoms with van der Waals surface area (Å²) in [6.45, 7) is 1.46. The summed E-state index contributed by atoms with van der Waals surface area (Å²) in [5.41, 5.74) is -0.532. The minimum Gasteiger partial charge on any atom is -0.451 e. The topological polar surface area (TPSA) is 75.2 Å². The van der Waals surface area contributed by atoms with E-state index in [0.29, 0.717) is 23.7 Å². The van der Waals surface area contributed by atoms with E-state index in [1.165, 1.54) is 11.5 Å². The summed E-state index contributed by atoms with van der Waals surface area (Å²) in [5, 5.41) is 0. The Morgan fingerprint density at radius 1 is 1.17 bits per heavy atom. The number of esters is 1. The van der Waals surface area contributed by atoms with Crippen molar-refractivity contribution in [2.45, 2.75) is 24.4 Å². The van der Waals surface area contributed by atoms with Crippen LogP contribution in [0.3, 0.4) is 0 Å². The first-order chi connectivity index (χ1) is 11.0. The molecule has 23 heavy (non-hydrogen) atoms. The van der Waals surface area contributed by atoms with E-state index in [9.17, 15) is 14.4 Å². The average Bonchev–Trinajstić information content (AvgIpc) is 3.19. The fourth-order valence-electron chi connectivity index (χ4n) is 7.80. The first-order valence-corrected chi connectivity index (χ1v) is 9.23. The highest BCUT2D eigenvalue weighted by molar-refractivity contribution is 8.00.